The predicted octanol–water partition coefficient (Wildman–Crippen LogP) is 4.48. The lowest BCUT2D eigenvalue weighted by molar-refractivity contribution is 0.395. The average molecular weight is 362 g/mol. The summed E-state index contributed by atoms with van der Waals surface area (Å²) in [6.45, 7) is 0. The van der Waals surface area contributed by atoms with E-state index in [1.165, 1.54) is 0 Å². The van der Waals surface area contributed by atoms with Crippen molar-refractivity contribution in [1.29, 1.82) is 0 Å². The first kappa shape index (κ1) is 17.1. The Morgan fingerprint density at radius 3 is 2.44 bits per heavy atom. The maximum absolute atomic E-state index is 5.48. The number of hydrogen-bond acceptors (Lipinski definition) is 6. The van der Waals surface area contributed by atoms with Gasteiger partial charge in [-0.1, -0.05) is 30.3 Å². The van der Waals surface area contributed by atoms with Gasteiger partial charge in [0.25, 0.3) is 0 Å². The van der Waals surface area contributed by atoms with Gasteiger partial charge >= 0.3 is 0 Å². The van der Waals surface area contributed by atoms with Crippen LogP contribution in [0.2, 0.25) is 0 Å². The molecule has 2 N–H and O–H groups in total. The van der Waals surface area contributed by atoms with E-state index < -0.39 is 0 Å². The van der Waals surface area contributed by atoms with Gasteiger partial charge in [0.15, 0.2) is 0 Å². The molecule has 6 heteroatoms. The highest BCUT2D eigenvalue weighted by atomic mass is 16.5. The van der Waals surface area contributed by atoms with Gasteiger partial charge in [-0.2, -0.15) is 4.98 Å². The first-order valence-electron chi connectivity index (χ1n) is 8.95. The van der Waals surface area contributed by atoms with Gasteiger partial charge in [-0.15, -0.1) is 0 Å². The molecule has 1 saturated carbocycles. The molecule has 1 fully saturated rings. The molecule has 27 heavy (non-hydrogen) atoms. The largest absolute Gasteiger partial charge is 0.497 e. The molecule has 1 heterocycles. The number of methoxy groups -OCH3 is 2. The molecule has 0 aliphatic heterocycles. The summed E-state index contributed by atoms with van der Waals surface area (Å²) in [5, 5.41) is 6.73. The summed E-state index contributed by atoms with van der Waals surface area (Å²) < 4.78 is 10.7. The summed E-state index contributed by atoms with van der Waals surface area (Å²) in [7, 11) is 3.27. The fourth-order valence-corrected chi connectivity index (χ4v) is 2.78. The van der Waals surface area contributed by atoms with E-state index in [0.29, 0.717) is 23.6 Å². The lowest BCUT2D eigenvalue weighted by Crippen LogP contribution is -2.08. The summed E-state index contributed by atoms with van der Waals surface area (Å²) in [5.74, 6) is 2.76. The van der Waals surface area contributed by atoms with Crippen LogP contribution in [0.4, 0.5) is 17.5 Å². The molecule has 0 bridgehead atoms. The van der Waals surface area contributed by atoms with Crippen LogP contribution < -0.4 is 20.1 Å². The number of aromatic nitrogens is 2. The highest BCUT2D eigenvalue weighted by Crippen LogP contribution is 2.32. The molecule has 0 amide bonds. The lowest BCUT2D eigenvalue weighted by atomic mass is 10.1. The molecule has 2 aromatic carbocycles. The van der Waals surface area contributed by atoms with E-state index in [2.05, 4.69) is 20.6 Å². The summed E-state index contributed by atoms with van der Waals surface area (Å²) >= 11 is 0. The molecule has 0 radical (unpaired) electrons. The monoisotopic (exact) mass is 362 g/mol. The number of benzene rings is 2. The molecule has 6 nitrogen and oxygen atoms in total. The predicted molar refractivity (Wildman–Crippen MR) is 107 cm³/mol. The summed E-state index contributed by atoms with van der Waals surface area (Å²) in [6.07, 6.45) is 2.32. The molecule has 0 spiro atoms. The van der Waals surface area contributed by atoms with E-state index in [9.17, 15) is 0 Å². The van der Waals surface area contributed by atoms with Crippen molar-refractivity contribution < 1.29 is 9.47 Å². The zero-order valence-corrected chi connectivity index (χ0v) is 15.4. The van der Waals surface area contributed by atoms with E-state index >= 15 is 0 Å². The van der Waals surface area contributed by atoms with Crippen molar-refractivity contribution in [2.45, 2.75) is 18.9 Å². The molecule has 1 aliphatic carbocycles. The Bertz CT molecular complexity index is 927. The Balaban J connectivity index is 1.69. The van der Waals surface area contributed by atoms with E-state index in [1.807, 2.05) is 54.6 Å². The Labute approximate surface area is 158 Å². The number of rotatable bonds is 7. The van der Waals surface area contributed by atoms with Crippen LogP contribution in [-0.2, 0) is 0 Å². The highest BCUT2D eigenvalue weighted by molar-refractivity contribution is 5.70. The van der Waals surface area contributed by atoms with Crippen LogP contribution in [0, 0.1) is 0 Å². The number of ether oxygens (including phenoxy) is 2. The topological polar surface area (TPSA) is 68.3 Å². The van der Waals surface area contributed by atoms with Crippen molar-refractivity contribution in [2.24, 2.45) is 0 Å². The van der Waals surface area contributed by atoms with Crippen LogP contribution in [0.1, 0.15) is 12.8 Å². The van der Waals surface area contributed by atoms with Gasteiger partial charge in [0, 0.05) is 23.7 Å². The first-order valence-corrected chi connectivity index (χ1v) is 8.95. The highest BCUT2D eigenvalue weighted by Gasteiger charge is 2.22. The van der Waals surface area contributed by atoms with Crippen molar-refractivity contribution in [3.63, 3.8) is 0 Å². The molecule has 3 aromatic rings. The van der Waals surface area contributed by atoms with Crippen molar-refractivity contribution >= 4 is 17.5 Å². The summed E-state index contributed by atoms with van der Waals surface area (Å²) in [4.78, 5) is 9.31. The molecular weight excluding hydrogens is 340 g/mol. The van der Waals surface area contributed by atoms with E-state index in [4.69, 9.17) is 9.47 Å². The van der Waals surface area contributed by atoms with Crippen LogP contribution in [0.25, 0.3) is 11.3 Å². The molecule has 4 rings (SSSR count). The van der Waals surface area contributed by atoms with E-state index in [1.54, 1.807) is 14.2 Å². The van der Waals surface area contributed by atoms with Crippen LogP contribution in [0.5, 0.6) is 11.5 Å². The van der Waals surface area contributed by atoms with Crippen LogP contribution >= 0.6 is 0 Å². The second kappa shape index (κ2) is 7.53. The Hall–Kier alpha value is -3.28. The maximum atomic E-state index is 5.48. The van der Waals surface area contributed by atoms with Gasteiger partial charge in [-0.05, 0) is 25.0 Å². The Morgan fingerprint density at radius 2 is 1.74 bits per heavy atom. The van der Waals surface area contributed by atoms with Gasteiger partial charge in [-0.25, -0.2) is 4.98 Å². The van der Waals surface area contributed by atoms with Gasteiger partial charge in [0.2, 0.25) is 5.95 Å². The first-order chi connectivity index (χ1) is 13.2. The Morgan fingerprint density at radius 1 is 0.926 bits per heavy atom. The molecule has 0 unspecified atom stereocenters. The van der Waals surface area contributed by atoms with Crippen LogP contribution in [0.3, 0.4) is 0 Å². The average Bonchev–Trinajstić information content (AvgIpc) is 3.52. The minimum atomic E-state index is 0.472. The smallest absolute Gasteiger partial charge is 0.225 e. The quantitative estimate of drug-likeness (QED) is 0.646. The van der Waals surface area contributed by atoms with Gasteiger partial charge in [0.1, 0.15) is 17.3 Å². The summed E-state index contributed by atoms with van der Waals surface area (Å²) in [5.41, 5.74) is 2.72. The fourth-order valence-electron chi connectivity index (χ4n) is 2.78. The third kappa shape index (κ3) is 4.11. The third-order valence-electron chi connectivity index (χ3n) is 4.38. The standard InChI is InChI=1S/C21H22N4O2/c1-26-16-10-11-17(19(12-16)27-2)23-20-13-18(14-6-4-3-5-7-14)24-21(25-20)22-15-8-9-15/h3-7,10-13,15H,8-9H2,1-2H3,(H2,22,23,24,25). The molecule has 0 atom stereocenters. The summed E-state index contributed by atoms with van der Waals surface area (Å²) in [6, 6.07) is 18.1. The SMILES string of the molecule is COc1ccc(Nc2cc(-c3ccccc3)nc(NC3CC3)n2)c(OC)c1. The van der Waals surface area contributed by atoms with Crippen LogP contribution in [-0.4, -0.2) is 30.2 Å². The number of nitrogens with one attached hydrogen (secondary N) is 2. The van der Waals surface area contributed by atoms with E-state index in [-0.39, 0.29) is 0 Å². The fraction of sp³-hybridized carbons (Fsp3) is 0.238. The molecule has 0 saturated heterocycles. The van der Waals surface area contributed by atoms with Gasteiger partial charge in [-0.3, -0.25) is 0 Å². The van der Waals surface area contributed by atoms with Crippen molar-refractivity contribution in [3.05, 3.63) is 54.6 Å². The number of hydrogen-bond donors (Lipinski definition) is 2. The molecular formula is C21H22N4O2. The maximum Gasteiger partial charge on any atom is 0.225 e. The van der Waals surface area contributed by atoms with Gasteiger partial charge in [0.05, 0.1) is 25.6 Å². The second-order valence-corrected chi connectivity index (χ2v) is 6.44. The second-order valence-electron chi connectivity index (χ2n) is 6.44. The minimum absolute atomic E-state index is 0.472. The molecule has 1 aliphatic rings. The van der Waals surface area contributed by atoms with Crippen LogP contribution in [0.15, 0.2) is 54.6 Å². The zero-order valence-electron chi connectivity index (χ0n) is 15.4. The minimum Gasteiger partial charge on any atom is -0.497 e. The van der Waals surface area contributed by atoms with Crippen molar-refractivity contribution in [3.8, 4) is 22.8 Å². The van der Waals surface area contributed by atoms with Gasteiger partial charge < -0.3 is 20.1 Å². The zero-order chi connectivity index (χ0) is 18.6. The number of nitrogens with zero attached hydrogens (tertiary/aromatic N) is 2. The normalized spacial score (nSPS) is 13.1. The van der Waals surface area contributed by atoms with E-state index in [0.717, 1.165) is 35.5 Å². The van der Waals surface area contributed by atoms with Crippen molar-refractivity contribution in [1.82, 2.24) is 9.97 Å². The molecule has 1 aromatic heterocycles. The third-order valence-corrected chi connectivity index (χ3v) is 4.38. The Kier molecular flexibility index (Phi) is 4.78. The lowest BCUT2D eigenvalue weighted by Gasteiger charge is -2.14. The number of anilines is 3. The molecule has 138 valence electrons. The van der Waals surface area contributed by atoms with Crippen molar-refractivity contribution in [2.75, 3.05) is 24.9 Å².